The predicted molar refractivity (Wildman–Crippen MR) is 74.3 cm³/mol. The van der Waals surface area contributed by atoms with Crippen molar-refractivity contribution in [1.29, 1.82) is 0 Å². The van der Waals surface area contributed by atoms with Crippen molar-refractivity contribution in [2.45, 2.75) is 32.0 Å². The molecular weight excluding hydrogens is 256 g/mol. The normalized spacial score (nSPS) is 21.0. The molecule has 1 atom stereocenters. The van der Waals surface area contributed by atoms with E-state index in [1.807, 2.05) is 30.3 Å². The number of nitrogens with one attached hydrogen (secondary N) is 1. The lowest BCUT2D eigenvalue weighted by atomic mass is 10.1. The fourth-order valence-electron chi connectivity index (χ4n) is 2.19. The van der Waals surface area contributed by atoms with E-state index in [9.17, 15) is 4.79 Å². The van der Waals surface area contributed by atoms with Crippen LogP contribution in [0.25, 0.3) is 0 Å². The maximum Gasteiger partial charge on any atom is 0.407 e. The first kappa shape index (κ1) is 13.0. The molecule has 0 spiro atoms. The minimum absolute atomic E-state index is 0.0464. The second kappa shape index (κ2) is 5.94. The Labute approximate surface area is 117 Å². The van der Waals surface area contributed by atoms with Crippen molar-refractivity contribution < 1.29 is 14.4 Å². The van der Waals surface area contributed by atoms with Crippen LogP contribution in [0.2, 0.25) is 0 Å². The third-order valence-electron chi connectivity index (χ3n) is 3.49. The van der Waals surface area contributed by atoms with Crippen molar-refractivity contribution in [3.63, 3.8) is 0 Å². The molecule has 106 valence electrons. The lowest BCUT2D eigenvalue weighted by Crippen LogP contribution is -2.32. The molecule has 0 saturated heterocycles. The van der Waals surface area contributed by atoms with Gasteiger partial charge in [-0.25, -0.2) is 4.79 Å². The highest BCUT2D eigenvalue weighted by atomic mass is 16.6. The van der Waals surface area contributed by atoms with Crippen LogP contribution in [0.1, 0.15) is 24.8 Å². The van der Waals surface area contributed by atoms with Crippen LogP contribution < -0.4 is 5.32 Å². The molecule has 0 aromatic heterocycles. The van der Waals surface area contributed by atoms with Crippen molar-refractivity contribution in [2.75, 3.05) is 6.54 Å². The number of hydrogen-bond donors (Lipinski definition) is 1. The molecule has 1 unspecified atom stereocenters. The second-order valence-corrected chi connectivity index (χ2v) is 5.23. The summed E-state index contributed by atoms with van der Waals surface area (Å²) in [6.45, 7) is 0.718. The quantitative estimate of drug-likeness (QED) is 0.897. The van der Waals surface area contributed by atoms with Crippen LogP contribution in [0, 0.1) is 5.92 Å². The summed E-state index contributed by atoms with van der Waals surface area (Å²) >= 11 is 0. The Bertz CT molecular complexity index is 497. The molecule has 20 heavy (non-hydrogen) atoms. The lowest BCUT2D eigenvalue weighted by Gasteiger charge is -2.10. The van der Waals surface area contributed by atoms with Crippen LogP contribution in [-0.2, 0) is 16.2 Å². The standard InChI is InChI=1S/C15H18N2O3/c18-15(19-10-11-4-2-1-3-5-11)16-9-13-8-14(17-20-13)12-6-7-12/h1-5,12-13H,6-10H2,(H,16,18). The van der Waals surface area contributed by atoms with E-state index in [0.717, 1.165) is 17.7 Å². The van der Waals surface area contributed by atoms with Gasteiger partial charge in [0.05, 0.1) is 12.3 Å². The Balaban J connectivity index is 1.33. The van der Waals surface area contributed by atoms with Gasteiger partial charge in [0.2, 0.25) is 0 Å². The van der Waals surface area contributed by atoms with Gasteiger partial charge in [0, 0.05) is 12.3 Å². The molecule has 1 aliphatic heterocycles. The lowest BCUT2D eigenvalue weighted by molar-refractivity contribution is 0.0797. The molecule has 2 aliphatic rings. The van der Waals surface area contributed by atoms with Crippen molar-refractivity contribution in [2.24, 2.45) is 11.1 Å². The van der Waals surface area contributed by atoms with Crippen LogP contribution in [0.5, 0.6) is 0 Å². The maximum atomic E-state index is 11.6. The average molecular weight is 274 g/mol. The average Bonchev–Trinajstić information content (AvgIpc) is 3.23. The largest absolute Gasteiger partial charge is 0.445 e. The van der Waals surface area contributed by atoms with Gasteiger partial charge < -0.3 is 14.9 Å². The molecule has 1 N–H and O–H groups in total. The molecule has 1 aromatic carbocycles. The summed E-state index contributed by atoms with van der Waals surface area (Å²) in [7, 11) is 0. The number of carbonyl (C=O) groups excluding carboxylic acids is 1. The monoisotopic (exact) mass is 274 g/mol. The zero-order chi connectivity index (χ0) is 13.8. The van der Waals surface area contributed by atoms with Gasteiger partial charge in [-0.2, -0.15) is 0 Å². The maximum absolute atomic E-state index is 11.6. The van der Waals surface area contributed by atoms with E-state index in [2.05, 4.69) is 10.5 Å². The van der Waals surface area contributed by atoms with Crippen molar-refractivity contribution in [3.8, 4) is 0 Å². The summed E-state index contributed by atoms with van der Waals surface area (Å²) < 4.78 is 5.13. The summed E-state index contributed by atoms with van der Waals surface area (Å²) in [5.41, 5.74) is 2.12. The molecule has 0 radical (unpaired) electrons. The number of nitrogens with zero attached hydrogens (tertiary/aromatic N) is 1. The summed E-state index contributed by atoms with van der Waals surface area (Å²) in [5, 5.41) is 6.79. The van der Waals surface area contributed by atoms with Crippen LogP contribution in [0.4, 0.5) is 4.79 Å². The van der Waals surface area contributed by atoms with Gasteiger partial charge in [0.15, 0.2) is 0 Å². The van der Waals surface area contributed by atoms with E-state index in [0.29, 0.717) is 12.5 Å². The van der Waals surface area contributed by atoms with Gasteiger partial charge in [-0.1, -0.05) is 35.5 Å². The number of ether oxygens (including phenoxy) is 1. The number of amides is 1. The van der Waals surface area contributed by atoms with Crippen molar-refractivity contribution in [1.82, 2.24) is 5.32 Å². The molecule has 1 aromatic rings. The van der Waals surface area contributed by atoms with E-state index in [-0.39, 0.29) is 12.7 Å². The summed E-state index contributed by atoms with van der Waals surface area (Å²) in [4.78, 5) is 16.9. The van der Waals surface area contributed by atoms with Gasteiger partial charge in [0.25, 0.3) is 0 Å². The molecule has 5 nitrogen and oxygen atoms in total. The first-order valence-corrected chi connectivity index (χ1v) is 6.98. The molecule has 5 heteroatoms. The molecule has 3 rings (SSSR count). The van der Waals surface area contributed by atoms with Crippen LogP contribution in [0.3, 0.4) is 0 Å². The number of hydrogen-bond acceptors (Lipinski definition) is 4. The molecule has 1 saturated carbocycles. The van der Waals surface area contributed by atoms with Gasteiger partial charge in [-0.15, -0.1) is 0 Å². The van der Waals surface area contributed by atoms with E-state index >= 15 is 0 Å². The fraction of sp³-hybridized carbons (Fsp3) is 0.467. The predicted octanol–water partition coefficient (Wildman–Crippen LogP) is 2.47. The fourth-order valence-corrected chi connectivity index (χ4v) is 2.19. The topological polar surface area (TPSA) is 59.9 Å². The van der Waals surface area contributed by atoms with Gasteiger partial charge >= 0.3 is 6.09 Å². The van der Waals surface area contributed by atoms with Crippen LogP contribution in [-0.4, -0.2) is 24.5 Å². The summed E-state index contributed by atoms with van der Waals surface area (Å²) in [5.74, 6) is 0.630. The Morgan fingerprint density at radius 3 is 2.90 bits per heavy atom. The highest BCUT2D eigenvalue weighted by molar-refractivity contribution is 5.89. The van der Waals surface area contributed by atoms with E-state index in [1.165, 1.54) is 12.8 Å². The SMILES string of the molecule is O=C(NCC1CC(C2CC2)=NO1)OCc1ccccc1. The van der Waals surface area contributed by atoms with Crippen LogP contribution in [0.15, 0.2) is 35.5 Å². The molecule has 1 heterocycles. The van der Waals surface area contributed by atoms with Crippen molar-refractivity contribution >= 4 is 11.8 Å². The Hall–Kier alpha value is -2.04. The third kappa shape index (κ3) is 3.50. The Morgan fingerprint density at radius 2 is 2.15 bits per heavy atom. The zero-order valence-corrected chi connectivity index (χ0v) is 11.2. The van der Waals surface area contributed by atoms with Gasteiger partial charge in [-0.05, 0) is 18.4 Å². The number of alkyl carbamates (subject to hydrolysis) is 1. The van der Waals surface area contributed by atoms with E-state index < -0.39 is 6.09 Å². The van der Waals surface area contributed by atoms with E-state index in [1.54, 1.807) is 0 Å². The minimum Gasteiger partial charge on any atom is -0.445 e. The molecule has 1 fully saturated rings. The molecule has 0 bridgehead atoms. The first-order chi connectivity index (χ1) is 9.81. The number of carbonyl (C=O) groups is 1. The second-order valence-electron chi connectivity index (χ2n) is 5.23. The number of benzene rings is 1. The molecule has 1 aliphatic carbocycles. The summed E-state index contributed by atoms with van der Waals surface area (Å²) in [6, 6.07) is 9.60. The minimum atomic E-state index is -0.419. The van der Waals surface area contributed by atoms with Gasteiger partial charge in [0.1, 0.15) is 12.7 Å². The van der Waals surface area contributed by atoms with Crippen molar-refractivity contribution in [3.05, 3.63) is 35.9 Å². The highest BCUT2D eigenvalue weighted by Gasteiger charge is 2.33. The third-order valence-corrected chi connectivity index (χ3v) is 3.49. The zero-order valence-electron chi connectivity index (χ0n) is 11.2. The molecule has 1 amide bonds. The first-order valence-electron chi connectivity index (χ1n) is 6.98. The number of oxime groups is 1. The van der Waals surface area contributed by atoms with Gasteiger partial charge in [-0.3, -0.25) is 0 Å². The number of rotatable bonds is 5. The Morgan fingerprint density at radius 1 is 1.35 bits per heavy atom. The Kier molecular flexibility index (Phi) is 3.85. The van der Waals surface area contributed by atoms with E-state index in [4.69, 9.17) is 9.57 Å². The highest BCUT2D eigenvalue weighted by Crippen LogP contribution is 2.34. The smallest absolute Gasteiger partial charge is 0.407 e. The van der Waals surface area contributed by atoms with Crippen LogP contribution >= 0.6 is 0 Å². The molecular formula is C15H18N2O3. The summed E-state index contributed by atoms with van der Waals surface area (Å²) in [6.07, 6.45) is 2.80.